The topological polar surface area (TPSA) is 99.2 Å². The van der Waals surface area contributed by atoms with Crippen LogP contribution < -0.4 is 16.0 Å². The number of anilines is 1. The van der Waals surface area contributed by atoms with Crippen LogP contribution in [0.1, 0.15) is 56.6 Å². The van der Waals surface area contributed by atoms with Crippen LogP contribution in [0.3, 0.4) is 0 Å². The maximum atomic E-state index is 13.1. The van der Waals surface area contributed by atoms with Gasteiger partial charge in [-0.15, -0.1) is 10.2 Å². The number of thioether (sulfide) groups is 1. The maximum Gasteiger partial charge on any atom is 0.320 e. The number of aromatic nitrogens is 2. The number of urea groups is 1. The van der Waals surface area contributed by atoms with Crippen LogP contribution in [-0.2, 0) is 6.42 Å². The predicted octanol–water partition coefficient (Wildman–Crippen LogP) is 3.01. The molecule has 8 nitrogen and oxygen atoms in total. The fourth-order valence-corrected chi connectivity index (χ4v) is 4.14. The largest absolute Gasteiger partial charge is 0.338 e. The van der Waals surface area contributed by atoms with Crippen LogP contribution in [0, 0.1) is 11.8 Å². The van der Waals surface area contributed by atoms with Crippen LogP contribution in [0.15, 0.2) is 6.07 Å². The summed E-state index contributed by atoms with van der Waals surface area (Å²) in [6.45, 7) is 11.3. The van der Waals surface area contributed by atoms with Crippen molar-refractivity contribution in [2.45, 2.75) is 53.0 Å². The maximum absolute atomic E-state index is 13.1. The van der Waals surface area contributed by atoms with Crippen LogP contribution in [0.2, 0.25) is 0 Å². The van der Waals surface area contributed by atoms with Gasteiger partial charge in [0.05, 0.1) is 0 Å². The molecule has 1 aliphatic rings. The summed E-state index contributed by atoms with van der Waals surface area (Å²) in [6.07, 6.45) is 4.69. The van der Waals surface area contributed by atoms with Gasteiger partial charge in [-0.1, -0.05) is 27.7 Å². The average Bonchev–Trinajstić information content (AvgIpc) is 2.71. The molecule has 0 aromatic carbocycles. The van der Waals surface area contributed by atoms with E-state index in [9.17, 15) is 9.59 Å². The Kier molecular flexibility index (Phi) is 10.5. The lowest BCUT2D eigenvalue weighted by atomic mass is 10.0. The van der Waals surface area contributed by atoms with Crippen LogP contribution in [0.4, 0.5) is 10.6 Å². The van der Waals surface area contributed by atoms with Crippen molar-refractivity contribution >= 4 is 29.5 Å². The lowest BCUT2D eigenvalue weighted by Crippen LogP contribution is -2.53. The van der Waals surface area contributed by atoms with E-state index in [0.717, 1.165) is 30.7 Å². The zero-order valence-corrected chi connectivity index (χ0v) is 20.3. The lowest BCUT2D eigenvalue weighted by molar-refractivity contribution is 0.0687. The second-order valence-electron chi connectivity index (χ2n) is 8.96. The summed E-state index contributed by atoms with van der Waals surface area (Å²) < 4.78 is 0. The van der Waals surface area contributed by atoms with Crippen LogP contribution in [-0.4, -0.2) is 71.3 Å². The molecule has 3 amide bonds. The smallest absolute Gasteiger partial charge is 0.320 e. The van der Waals surface area contributed by atoms with Crippen LogP contribution in [0.5, 0.6) is 0 Å². The van der Waals surface area contributed by atoms with Crippen molar-refractivity contribution in [1.82, 2.24) is 25.7 Å². The number of amides is 3. The molecule has 31 heavy (non-hydrogen) atoms. The van der Waals surface area contributed by atoms with E-state index in [1.54, 1.807) is 17.8 Å². The molecule has 0 spiro atoms. The summed E-state index contributed by atoms with van der Waals surface area (Å²) in [5.74, 6) is 2.25. The molecule has 0 unspecified atom stereocenters. The van der Waals surface area contributed by atoms with Gasteiger partial charge in [-0.25, -0.2) is 4.79 Å². The van der Waals surface area contributed by atoms with E-state index in [1.807, 2.05) is 11.2 Å². The van der Waals surface area contributed by atoms with Gasteiger partial charge in [0.2, 0.25) is 0 Å². The monoisotopic (exact) mass is 450 g/mol. The Morgan fingerprint density at radius 3 is 2.71 bits per heavy atom. The summed E-state index contributed by atoms with van der Waals surface area (Å²) in [7, 11) is 0. The Morgan fingerprint density at radius 2 is 2.03 bits per heavy atom. The second kappa shape index (κ2) is 12.9. The summed E-state index contributed by atoms with van der Waals surface area (Å²) >= 11 is 1.75. The van der Waals surface area contributed by atoms with Crippen LogP contribution >= 0.6 is 11.8 Å². The molecule has 2 rings (SSSR count). The highest BCUT2D eigenvalue weighted by atomic mass is 32.2. The molecule has 1 atom stereocenters. The standard InChI is InChI=1S/C22H38N6O2S/c1-15(2)11-17-13-19(21(29)28-9-8-23-18(14-28)12-16(3)4)26-27-20(17)25-22(30)24-7-6-10-31-5/h13,15-16,18,23H,6-12,14H2,1-5H3,(H2,24,25,27,30)/t18-/m0/s1. The Hall–Kier alpha value is -1.87. The number of carbonyl (C=O) groups excluding carboxylic acids is 2. The van der Waals surface area contributed by atoms with Gasteiger partial charge < -0.3 is 15.5 Å². The number of hydrogen-bond donors (Lipinski definition) is 3. The number of carbonyl (C=O) groups is 2. The SMILES string of the molecule is CSCCCNC(=O)Nc1nnc(C(=O)N2CCN[C@@H](CC(C)C)C2)cc1CC(C)C. The van der Waals surface area contributed by atoms with E-state index in [2.05, 4.69) is 53.8 Å². The summed E-state index contributed by atoms with van der Waals surface area (Å²) in [6, 6.07) is 1.80. The number of piperazine rings is 1. The van der Waals surface area contributed by atoms with Crippen molar-refractivity contribution < 1.29 is 9.59 Å². The van der Waals surface area contributed by atoms with Crippen molar-refractivity contribution in [1.29, 1.82) is 0 Å². The summed E-state index contributed by atoms with van der Waals surface area (Å²) in [5.41, 5.74) is 1.17. The Bertz CT molecular complexity index is 728. The highest BCUT2D eigenvalue weighted by molar-refractivity contribution is 7.98. The van der Waals surface area contributed by atoms with Gasteiger partial charge >= 0.3 is 6.03 Å². The molecule has 0 bridgehead atoms. The van der Waals surface area contributed by atoms with Gasteiger partial charge in [0, 0.05) is 32.2 Å². The van der Waals surface area contributed by atoms with Crippen molar-refractivity contribution in [3.63, 3.8) is 0 Å². The highest BCUT2D eigenvalue weighted by Crippen LogP contribution is 2.19. The summed E-state index contributed by atoms with van der Waals surface area (Å²) in [5, 5.41) is 17.5. The molecule has 1 aromatic heterocycles. The highest BCUT2D eigenvalue weighted by Gasteiger charge is 2.26. The first-order chi connectivity index (χ1) is 14.8. The van der Waals surface area contributed by atoms with Crippen LogP contribution in [0.25, 0.3) is 0 Å². The lowest BCUT2D eigenvalue weighted by Gasteiger charge is -2.34. The fourth-order valence-electron chi connectivity index (χ4n) is 3.70. The number of nitrogens with one attached hydrogen (secondary N) is 3. The van der Waals surface area contributed by atoms with E-state index in [1.165, 1.54) is 0 Å². The second-order valence-corrected chi connectivity index (χ2v) is 9.95. The third kappa shape index (κ3) is 8.65. The fraction of sp³-hybridized carbons (Fsp3) is 0.727. The van der Waals surface area contributed by atoms with E-state index in [4.69, 9.17) is 0 Å². The van der Waals surface area contributed by atoms with E-state index in [0.29, 0.717) is 55.4 Å². The van der Waals surface area contributed by atoms with Gasteiger partial charge in [-0.05, 0) is 54.7 Å². The van der Waals surface area contributed by atoms with Crippen molar-refractivity contribution in [2.24, 2.45) is 11.8 Å². The Morgan fingerprint density at radius 1 is 1.26 bits per heavy atom. The molecule has 1 saturated heterocycles. The van der Waals surface area contributed by atoms with E-state index in [-0.39, 0.29) is 11.9 Å². The molecule has 0 aliphatic carbocycles. The molecule has 1 aromatic rings. The minimum absolute atomic E-state index is 0.0965. The molecule has 3 N–H and O–H groups in total. The minimum atomic E-state index is -0.293. The van der Waals surface area contributed by atoms with E-state index >= 15 is 0 Å². The first-order valence-electron chi connectivity index (χ1n) is 11.2. The zero-order valence-electron chi connectivity index (χ0n) is 19.5. The third-order valence-electron chi connectivity index (χ3n) is 5.06. The normalized spacial score (nSPS) is 16.6. The average molecular weight is 451 g/mol. The molecule has 1 aliphatic heterocycles. The number of hydrogen-bond acceptors (Lipinski definition) is 6. The quantitative estimate of drug-likeness (QED) is 0.474. The van der Waals surface area contributed by atoms with E-state index < -0.39 is 0 Å². The third-order valence-corrected chi connectivity index (χ3v) is 5.76. The van der Waals surface area contributed by atoms with Gasteiger partial charge in [-0.2, -0.15) is 11.8 Å². The molecule has 0 radical (unpaired) electrons. The Labute approximate surface area is 190 Å². The molecule has 2 heterocycles. The number of rotatable bonds is 10. The number of nitrogens with zero attached hydrogens (tertiary/aromatic N) is 3. The predicted molar refractivity (Wildman–Crippen MR) is 128 cm³/mol. The molecular formula is C22H38N6O2S. The first-order valence-corrected chi connectivity index (χ1v) is 12.6. The van der Waals surface area contributed by atoms with Gasteiger partial charge in [0.1, 0.15) is 0 Å². The van der Waals surface area contributed by atoms with Crippen molar-refractivity contribution in [3.8, 4) is 0 Å². The van der Waals surface area contributed by atoms with Crippen molar-refractivity contribution in [3.05, 3.63) is 17.3 Å². The molecule has 0 saturated carbocycles. The van der Waals surface area contributed by atoms with Crippen molar-refractivity contribution in [2.75, 3.05) is 43.5 Å². The molecule has 174 valence electrons. The Balaban J connectivity index is 2.09. The zero-order chi connectivity index (χ0) is 22.8. The van der Waals surface area contributed by atoms with Gasteiger partial charge in [-0.3, -0.25) is 10.1 Å². The van der Waals surface area contributed by atoms with Gasteiger partial charge in [0.25, 0.3) is 5.91 Å². The first kappa shape index (κ1) is 25.4. The van der Waals surface area contributed by atoms with Gasteiger partial charge in [0.15, 0.2) is 11.5 Å². The summed E-state index contributed by atoms with van der Waals surface area (Å²) in [4.78, 5) is 27.2. The molecule has 9 heteroatoms. The molecular weight excluding hydrogens is 412 g/mol. The molecule has 1 fully saturated rings. The minimum Gasteiger partial charge on any atom is -0.338 e.